The number of nitrogens with two attached hydrogens (primary N) is 2. The van der Waals surface area contributed by atoms with E-state index >= 15 is 0 Å². The highest BCUT2D eigenvalue weighted by molar-refractivity contribution is 7.98. The second-order valence-electron chi connectivity index (χ2n) is 4.72. The molecule has 6 nitrogen and oxygen atoms in total. The van der Waals surface area contributed by atoms with Crippen molar-refractivity contribution in [2.24, 2.45) is 11.5 Å². The molecule has 116 valence electrons. The monoisotopic (exact) mass is 311 g/mol. The minimum absolute atomic E-state index is 0.155. The largest absolute Gasteiger partial charge is 0.508 e. The van der Waals surface area contributed by atoms with Crippen LogP contribution in [0.2, 0.25) is 0 Å². The Morgan fingerprint density at radius 2 is 1.95 bits per heavy atom. The Labute approximate surface area is 128 Å². The van der Waals surface area contributed by atoms with Gasteiger partial charge in [-0.2, -0.15) is 11.8 Å². The fraction of sp³-hybridized carbons (Fsp3) is 0.429. The molecule has 0 fully saturated rings. The lowest BCUT2D eigenvalue weighted by molar-refractivity contribution is -0.128. The number of hydrogen-bond donors (Lipinski definition) is 4. The molecule has 1 aromatic carbocycles. The number of benzene rings is 1. The molecule has 0 saturated heterocycles. The van der Waals surface area contributed by atoms with E-state index in [2.05, 4.69) is 5.32 Å². The molecule has 0 unspecified atom stereocenters. The highest BCUT2D eigenvalue weighted by Crippen LogP contribution is 2.11. The van der Waals surface area contributed by atoms with Gasteiger partial charge < -0.3 is 21.9 Å². The van der Waals surface area contributed by atoms with Gasteiger partial charge >= 0.3 is 0 Å². The van der Waals surface area contributed by atoms with E-state index in [1.54, 1.807) is 23.9 Å². The third-order valence-electron chi connectivity index (χ3n) is 3.00. The third-order valence-corrected chi connectivity index (χ3v) is 3.64. The topological polar surface area (TPSA) is 118 Å². The first-order valence-corrected chi connectivity index (χ1v) is 7.95. The van der Waals surface area contributed by atoms with Crippen LogP contribution in [0.15, 0.2) is 24.3 Å². The van der Waals surface area contributed by atoms with Crippen LogP contribution in [-0.2, 0) is 16.0 Å². The van der Waals surface area contributed by atoms with Gasteiger partial charge in [-0.3, -0.25) is 9.59 Å². The highest BCUT2D eigenvalue weighted by atomic mass is 32.2. The molecular weight excluding hydrogens is 290 g/mol. The van der Waals surface area contributed by atoms with Gasteiger partial charge in [0.15, 0.2) is 0 Å². The molecule has 1 aromatic rings. The molecule has 0 aliphatic heterocycles. The molecule has 2 atom stereocenters. The zero-order chi connectivity index (χ0) is 15.8. The SMILES string of the molecule is CSCC[C@@H](NC(=O)[C@@H](N)Cc1ccc(O)cc1)C(N)=O. The summed E-state index contributed by atoms with van der Waals surface area (Å²) >= 11 is 1.57. The predicted octanol–water partition coefficient (Wildman–Crippen LogP) is -0.0148. The van der Waals surface area contributed by atoms with E-state index in [1.165, 1.54) is 12.1 Å². The number of hydrogen-bond acceptors (Lipinski definition) is 5. The molecule has 1 rings (SSSR count). The predicted molar refractivity (Wildman–Crippen MR) is 83.9 cm³/mol. The zero-order valence-corrected chi connectivity index (χ0v) is 12.7. The molecule has 2 amide bonds. The first kappa shape index (κ1) is 17.3. The Kier molecular flexibility index (Phi) is 7.04. The summed E-state index contributed by atoms with van der Waals surface area (Å²) in [6, 6.07) is 4.99. The lowest BCUT2D eigenvalue weighted by Crippen LogP contribution is -2.51. The Hall–Kier alpha value is -1.73. The van der Waals surface area contributed by atoms with Crippen LogP contribution in [0.25, 0.3) is 0 Å². The van der Waals surface area contributed by atoms with Crippen LogP contribution in [0.5, 0.6) is 5.75 Å². The number of phenolic OH excluding ortho intramolecular Hbond substituents is 1. The highest BCUT2D eigenvalue weighted by Gasteiger charge is 2.21. The number of thioether (sulfide) groups is 1. The number of carbonyl (C=O) groups is 2. The van der Waals surface area contributed by atoms with Gasteiger partial charge in [0, 0.05) is 0 Å². The molecule has 0 aromatic heterocycles. The van der Waals surface area contributed by atoms with Crippen molar-refractivity contribution in [3.63, 3.8) is 0 Å². The van der Waals surface area contributed by atoms with Crippen molar-refractivity contribution in [2.45, 2.75) is 24.9 Å². The van der Waals surface area contributed by atoms with Gasteiger partial charge in [0.1, 0.15) is 11.8 Å². The van der Waals surface area contributed by atoms with Crippen molar-refractivity contribution in [3.05, 3.63) is 29.8 Å². The van der Waals surface area contributed by atoms with Crippen molar-refractivity contribution < 1.29 is 14.7 Å². The number of nitrogens with one attached hydrogen (secondary N) is 1. The summed E-state index contributed by atoms with van der Waals surface area (Å²) in [5.41, 5.74) is 11.9. The summed E-state index contributed by atoms with van der Waals surface area (Å²) in [6.07, 6.45) is 2.71. The van der Waals surface area contributed by atoms with E-state index in [9.17, 15) is 14.7 Å². The average Bonchev–Trinajstić information content (AvgIpc) is 2.45. The van der Waals surface area contributed by atoms with Gasteiger partial charge in [-0.05, 0) is 42.5 Å². The fourth-order valence-electron chi connectivity index (χ4n) is 1.78. The van der Waals surface area contributed by atoms with Crippen molar-refractivity contribution >= 4 is 23.6 Å². The van der Waals surface area contributed by atoms with Crippen molar-refractivity contribution in [3.8, 4) is 5.75 Å². The Bertz CT molecular complexity index is 479. The van der Waals surface area contributed by atoms with Crippen molar-refractivity contribution in [2.75, 3.05) is 12.0 Å². The van der Waals surface area contributed by atoms with Gasteiger partial charge in [-0.15, -0.1) is 0 Å². The first-order chi connectivity index (χ1) is 9.93. The van der Waals surface area contributed by atoms with E-state index in [1.807, 2.05) is 6.26 Å². The quantitative estimate of drug-likeness (QED) is 0.538. The van der Waals surface area contributed by atoms with E-state index < -0.39 is 23.9 Å². The van der Waals surface area contributed by atoms with Gasteiger partial charge in [0.25, 0.3) is 0 Å². The lowest BCUT2D eigenvalue weighted by atomic mass is 10.1. The van der Waals surface area contributed by atoms with Crippen molar-refractivity contribution in [1.82, 2.24) is 5.32 Å². The molecule has 7 heteroatoms. The normalized spacial score (nSPS) is 13.4. The molecule has 0 bridgehead atoms. The zero-order valence-electron chi connectivity index (χ0n) is 11.9. The van der Waals surface area contributed by atoms with Crippen LogP contribution in [-0.4, -0.2) is 41.0 Å². The summed E-state index contributed by atoms with van der Waals surface area (Å²) in [5, 5.41) is 11.8. The van der Waals surface area contributed by atoms with E-state index in [-0.39, 0.29) is 5.75 Å². The summed E-state index contributed by atoms with van der Waals surface area (Å²) < 4.78 is 0. The lowest BCUT2D eigenvalue weighted by Gasteiger charge is -2.18. The van der Waals surface area contributed by atoms with Gasteiger partial charge in [0.2, 0.25) is 11.8 Å². The fourth-order valence-corrected chi connectivity index (χ4v) is 2.25. The van der Waals surface area contributed by atoms with Crippen LogP contribution in [0.4, 0.5) is 0 Å². The molecule has 0 spiro atoms. The van der Waals surface area contributed by atoms with Gasteiger partial charge in [-0.25, -0.2) is 0 Å². The number of carbonyl (C=O) groups excluding carboxylic acids is 2. The first-order valence-electron chi connectivity index (χ1n) is 6.56. The minimum Gasteiger partial charge on any atom is -0.508 e. The van der Waals surface area contributed by atoms with Crippen LogP contribution < -0.4 is 16.8 Å². The standard InChI is InChI=1S/C14H21N3O3S/c1-21-7-6-12(13(16)19)17-14(20)11(15)8-9-2-4-10(18)5-3-9/h2-5,11-12,18H,6-8,15H2,1H3,(H2,16,19)(H,17,20)/t11-,12+/m0/s1. The molecule has 6 N–H and O–H groups in total. The Balaban J connectivity index is 2.56. The van der Waals surface area contributed by atoms with Gasteiger partial charge in [0.05, 0.1) is 6.04 Å². The van der Waals surface area contributed by atoms with Crippen LogP contribution in [0, 0.1) is 0 Å². The van der Waals surface area contributed by atoms with Gasteiger partial charge in [-0.1, -0.05) is 12.1 Å². The smallest absolute Gasteiger partial charge is 0.240 e. The average molecular weight is 311 g/mol. The number of phenols is 1. The van der Waals surface area contributed by atoms with Crippen LogP contribution in [0.1, 0.15) is 12.0 Å². The maximum Gasteiger partial charge on any atom is 0.240 e. The molecular formula is C14H21N3O3S. The maximum atomic E-state index is 12.0. The van der Waals surface area contributed by atoms with E-state index in [0.717, 1.165) is 11.3 Å². The van der Waals surface area contributed by atoms with Crippen LogP contribution in [0.3, 0.4) is 0 Å². The summed E-state index contributed by atoms with van der Waals surface area (Å²) in [7, 11) is 0. The number of primary amides is 1. The number of rotatable bonds is 8. The van der Waals surface area contributed by atoms with Crippen molar-refractivity contribution in [1.29, 1.82) is 0 Å². The molecule has 0 radical (unpaired) electrons. The maximum absolute atomic E-state index is 12.0. The summed E-state index contributed by atoms with van der Waals surface area (Å²) in [6.45, 7) is 0. The van der Waals surface area contributed by atoms with E-state index in [4.69, 9.17) is 11.5 Å². The Morgan fingerprint density at radius 1 is 1.33 bits per heavy atom. The number of amides is 2. The third kappa shape index (κ3) is 6.05. The summed E-state index contributed by atoms with van der Waals surface area (Å²) in [5.74, 6) is -0.0917. The summed E-state index contributed by atoms with van der Waals surface area (Å²) in [4.78, 5) is 23.3. The van der Waals surface area contributed by atoms with Crippen LogP contribution >= 0.6 is 11.8 Å². The second kappa shape index (κ2) is 8.53. The number of aromatic hydroxyl groups is 1. The second-order valence-corrected chi connectivity index (χ2v) is 5.71. The minimum atomic E-state index is -0.773. The molecule has 0 aliphatic carbocycles. The molecule has 21 heavy (non-hydrogen) atoms. The Morgan fingerprint density at radius 3 is 2.48 bits per heavy atom. The molecule has 0 heterocycles. The molecule has 0 aliphatic rings. The molecule has 0 saturated carbocycles. The van der Waals surface area contributed by atoms with E-state index in [0.29, 0.717) is 12.8 Å².